The van der Waals surface area contributed by atoms with E-state index in [1.54, 1.807) is 11.0 Å². The SMILES string of the molecule is N#Cc1ccc(S(=O)(=O)NOCC(N)=O)cc1Cl. The lowest BCUT2D eigenvalue weighted by atomic mass is 10.2. The van der Waals surface area contributed by atoms with Crippen LogP contribution in [0.25, 0.3) is 0 Å². The van der Waals surface area contributed by atoms with Gasteiger partial charge in [0.1, 0.15) is 12.7 Å². The van der Waals surface area contributed by atoms with Crippen LogP contribution >= 0.6 is 11.6 Å². The van der Waals surface area contributed by atoms with Crippen molar-refractivity contribution in [2.45, 2.75) is 4.90 Å². The van der Waals surface area contributed by atoms with E-state index in [1.165, 1.54) is 12.1 Å². The minimum absolute atomic E-state index is 0.00437. The lowest BCUT2D eigenvalue weighted by Crippen LogP contribution is -2.29. The summed E-state index contributed by atoms with van der Waals surface area (Å²) in [5, 5.41) is 8.63. The van der Waals surface area contributed by atoms with Crippen molar-refractivity contribution in [3.8, 4) is 6.07 Å². The van der Waals surface area contributed by atoms with Crippen molar-refractivity contribution >= 4 is 27.5 Å². The van der Waals surface area contributed by atoms with E-state index in [1.807, 2.05) is 0 Å². The topological polar surface area (TPSA) is 122 Å². The molecule has 0 spiro atoms. The Hall–Kier alpha value is -1.66. The molecular weight excluding hydrogens is 282 g/mol. The van der Waals surface area contributed by atoms with Gasteiger partial charge in [-0.2, -0.15) is 5.26 Å². The molecule has 0 saturated heterocycles. The standard InChI is InChI=1S/C9H8ClN3O4S/c10-8-3-7(2-1-6(8)4-11)18(15,16)13-17-5-9(12)14/h1-3,13H,5H2,(H2,12,14). The van der Waals surface area contributed by atoms with Gasteiger partial charge in [0.25, 0.3) is 10.0 Å². The molecule has 1 rings (SSSR count). The molecule has 0 radical (unpaired) electrons. The Kier molecular flexibility index (Phi) is 4.63. The zero-order valence-corrected chi connectivity index (χ0v) is 10.5. The van der Waals surface area contributed by atoms with Crippen LogP contribution in [0.4, 0.5) is 0 Å². The van der Waals surface area contributed by atoms with Gasteiger partial charge in [-0.1, -0.05) is 16.5 Å². The number of sulfonamides is 1. The van der Waals surface area contributed by atoms with Crippen LogP contribution in [0.3, 0.4) is 0 Å². The van der Waals surface area contributed by atoms with E-state index in [4.69, 9.17) is 22.6 Å². The summed E-state index contributed by atoms with van der Waals surface area (Å²) >= 11 is 5.69. The highest BCUT2D eigenvalue weighted by molar-refractivity contribution is 7.89. The summed E-state index contributed by atoms with van der Waals surface area (Å²) in [7, 11) is -3.98. The van der Waals surface area contributed by atoms with E-state index < -0.39 is 22.5 Å². The number of amides is 1. The summed E-state index contributed by atoms with van der Waals surface area (Å²) in [4.78, 5) is 16.3. The third kappa shape index (κ3) is 3.68. The van der Waals surface area contributed by atoms with Gasteiger partial charge in [0.15, 0.2) is 0 Å². The second-order valence-corrected chi connectivity index (χ2v) is 5.15. The maximum Gasteiger partial charge on any atom is 0.262 e. The molecule has 18 heavy (non-hydrogen) atoms. The van der Waals surface area contributed by atoms with Crippen molar-refractivity contribution in [3.05, 3.63) is 28.8 Å². The van der Waals surface area contributed by atoms with Crippen molar-refractivity contribution in [3.63, 3.8) is 0 Å². The van der Waals surface area contributed by atoms with Gasteiger partial charge in [-0.3, -0.25) is 9.63 Å². The molecule has 9 heteroatoms. The number of primary amides is 1. The molecule has 0 unspecified atom stereocenters. The smallest absolute Gasteiger partial charge is 0.262 e. The molecule has 0 fully saturated rings. The summed E-state index contributed by atoms with van der Waals surface area (Å²) in [5.41, 5.74) is 4.91. The maximum absolute atomic E-state index is 11.6. The zero-order chi connectivity index (χ0) is 13.8. The Morgan fingerprint density at radius 1 is 1.56 bits per heavy atom. The van der Waals surface area contributed by atoms with Gasteiger partial charge >= 0.3 is 0 Å². The Bertz CT molecular complexity index is 609. The Labute approximate surface area is 108 Å². The third-order valence-corrected chi connectivity index (χ3v) is 3.28. The van der Waals surface area contributed by atoms with Gasteiger partial charge in [-0.15, -0.1) is 0 Å². The van der Waals surface area contributed by atoms with Crippen LogP contribution in [0.2, 0.25) is 5.02 Å². The molecule has 0 bridgehead atoms. The molecule has 3 N–H and O–H groups in total. The molecule has 0 aliphatic heterocycles. The molecule has 1 aromatic rings. The highest BCUT2D eigenvalue weighted by Crippen LogP contribution is 2.19. The first-order valence-electron chi connectivity index (χ1n) is 4.48. The number of benzene rings is 1. The van der Waals surface area contributed by atoms with Crippen molar-refractivity contribution in [1.29, 1.82) is 5.26 Å². The number of hydrogen-bond donors (Lipinski definition) is 2. The number of carbonyl (C=O) groups excluding carboxylic acids is 1. The van der Waals surface area contributed by atoms with Gasteiger partial charge in [0, 0.05) is 0 Å². The molecule has 0 aliphatic carbocycles. The predicted molar refractivity (Wildman–Crippen MR) is 61.6 cm³/mol. The summed E-state index contributed by atoms with van der Waals surface area (Å²) < 4.78 is 23.3. The van der Waals surface area contributed by atoms with Crippen LogP contribution in [-0.4, -0.2) is 20.9 Å². The average molecular weight is 290 g/mol. The summed E-state index contributed by atoms with van der Waals surface area (Å²) in [6.45, 7) is -0.594. The van der Waals surface area contributed by atoms with Crippen LogP contribution in [0, 0.1) is 11.3 Å². The molecular formula is C9H8ClN3O4S. The fourth-order valence-corrected chi connectivity index (χ4v) is 2.10. The molecule has 0 atom stereocenters. The van der Waals surface area contributed by atoms with E-state index in [-0.39, 0.29) is 15.5 Å². The number of nitrogens with two attached hydrogens (primary N) is 1. The quantitative estimate of drug-likeness (QED) is 0.733. The van der Waals surface area contributed by atoms with Crippen molar-refractivity contribution in [2.75, 3.05) is 6.61 Å². The van der Waals surface area contributed by atoms with E-state index in [0.717, 1.165) is 6.07 Å². The molecule has 0 aliphatic rings. The second-order valence-electron chi connectivity index (χ2n) is 3.10. The third-order valence-electron chi connectivity index (χ3n) is 1.75. The van der Waals surface area contributed by atoms with Gasteiger partial charge in [-0.05, 0) is 18.2 Å². The zero-order valence-electron chi connectivity index (χ0n) is 8.88. The number of carbonyl (C=O) groups is 1. The fourth-order valence-electron chi connectivity index (χ4n) is 0.980. The molecule has 0 saturated carbocycles. The summed E-state index contributed by atoms with van der Waals surface area (Å²) in [5.74, 6) is -0.824. The molecule has 7 nitrogen and oxygen atoms in total. The maximum atomic E-state index is 11.6. The largest absolute Gasteiger partial charge is 0.368 e. The first kappa shape index (κ1) is 14.4. The van der Waals surface area contributed by atoms with Gasteiger partial charge in [0.05, 0.1) is 15.5 Å². The van der Waals surface area contributed by atoms with E-state index in [2.05, 4.69) is 4.84 Å². The number of nitrogens with one attached hydrogen (secondary N) is 1. The number of hydrogen-bond acceptors (Lipinski definition) is 5. The van der Waals surface area contributed by atoms with Crippen LogP contribution in [0.5, 0.6) is 0 Å². The first-order chi connectivity index (χ1) is 8.36. The first-order valence-corrected chi connectivity index (χ1v) is 6.34. The van der Waals surface area contributed by atoms with E-state index >= 15 is 0 Å². The average Bonchev–Trinajstić information content (AvgIpc) is 2.28. The van der Waals surface area contributed by atoms with Crippen molar-refractivity contribution in [2.24, 2.45) is 5.73 Å². The van der Waals surface area contributed by atoms with Gasteiger partial charge in [0.2, 0.25) is 5.91 Å². The predicted octanol–water partition coefficient (Wildman–Crippen LogP) is -0.0931. The Morgan fingerprint density at radius 2 is 2.22 bits per heavy atom. The lowest BCUT2D eigenvalue weighted by molar-refractivity contribution is -0.123. The van der Waals surface area contributed by atoms with Gasteiger partial charge in [-0.25, -0.2) is 8.42 Å². The number of halogens is 1. The Balaban J connectivity index is 2.89. The monoisotopic (exact) mass is 289 g/mol. The molecule has 96 valence electrons. The van der Waals surface area contributed by atoms with Crippen LogP contribution in [0.15, 0.2) is 23.1 Å². The van der Waals surface area contributed by atoms with E-state index in [0.29, 0.717) is 0 Å². The number of nitrogens with zero attached hydrogens (tertiary/aromatic N) is 1. The minimum atomic E-state index is -3.98. The van der Waals surface area contributed by atoms with Crippen LogP contribution in [0.1, 0.15) is 5.56 Å². The summed E-state index contributed by atoms with van der Waals surface area (Å²) in [6.07, 6.45) is 0. The normalized spacial score (nSPS) is 10.9. The van der Waals surface area contributed by atoms with Crippen molar-refractivity contribution < 1.29 is 18.0 Å². The van der Waals surface area contributed by atoms with Gasteiger partial charge < -0.3 is 5.73 Å². The minimum Gasteiger partial charge on any atom is -0.368 e. The fraction of sp³-hybridized carbons (Fsp3) is 0.111. The molecule has 0 heterocycles. The second kappa shape index (κ2) is 5.79. The lowest BCUT2D eigenvalue weighted by Gasteiger charge is -2.06. The van der Waals surface area contributed by atoms with Crippen LogP contribution < -0.4 is 10.6 Å². The number of nitriles is 1. The highest BCUT2D eigenvalue weighted by atomic mass is 35.5. The summed E-state index contributed by atoms with van der Waals surface area (Å²) in [6, 6.07) is 5.32. The highest BCUT2D eigenvalue weighted by Gasteiger charge is 2.16. The Morgan fingerprint density at radius 3 is 2.72 bits per heavy atom. The molecule has 1 aromatic carbocycles. The van der Waals surface area contributed by atoms with E-state index in [9.17, 15) is 13.2 Å². The van der Waals surface area contributed by atoms with Crippen LogP contribution in [-0.2, 0) is 19.7 Å². The van der Waals surface area contributed by atoms with Crippen molar-refractivity contribution in [1.82, 2.24) is 4.89 Å². The molecule has 1 amide bonds. The molecule has 0 aromatic heterocycles. The number of rotatable bonds is 5.